The maximum Gasteiger partial charge on any atom is 0.319 e. The van der Waals surface area contributed by atoms with Gasteiger partial charge >= 0.3 is 6.03 Å². The smallest absolute Gasteiger partial charge is 0.319 e. The SMILES string of the molecule is Cc1ccc(NC(=O)N[C@H]2CCCC[C@H]2NC(=O)c2csc(COc3ccc(Cl)cc3)n2)cc1C. The van der Waals surface area contributed by atoms with Crippen molar-refractivity contribution in [3.8, 4) is 5.75 Å². The molecule has 35 heavy (non-hydrogen) atoms. The summed E-state index contributed by atoms with van der Waals surface area (Å²) >= 11 is 7.27. The van der Waals surface area contributed by atoms with Gasteiger partial charge in [-0.05, 0) is 74.2 Å². The minimum absolute atomic E-state index is 0.148. The fourth-order valence-corrected chi connectivity index (χ4v) is 4.84. The molecule has 7 nitrogen and oxygen atoms in total. The standard InChI is InChI=1S/C26H29ClN4O3S/c1-16-7-10-19(13-17(16)2)28-26(33)31-22-6-4-3-5-21(22)30-25(32)23-15-35-24(29-23)14-34-20-11-8-18(27)9-12-20/h7-13,15,21-22H,3-6,14H2,1-2H3,(H,30,32)(H2,28,31,33)/t21-,22+/m1/s1. The average molecular weight is 513 g/mol. The molecule has 2 atom stereocenters. The van der Waals surface area contributed by atoms with Gasteiger partial charge in [0.2, 0.25) is 0 Å². The first-order valence-electron chi connectivity index (χ1n) is 11.7. The minimum Gasteiger partial charge on any atom is -0.486 e. The zero-order chi connectivity index (χ0) is 24.8. The van der Waals surface area contributed by atoms with Gasteiger partial charge in [0.1, 0.15) is 23.1 Å². The number of carbonyl (C=O) groups excluding carboxylic acids is 2. The predicted molar refractivity (Wildman–Crippen MR) is 139 cm³/mol. The van der Waals surface area contributed by atoms with Crippen molar-refractivity contribution in [1.82, 2.24) is 15.6 Å². The number of amides is 3. The number of benzene rings is 2. The molecule has 0 saturated heterocycles. The highest BCUT2D eigenvalue weighted by Crippen LogP contribution is 2.21. The number of rotatable bonds is 7. The molecule has 0 unspecified atom stereocenters. The molecule has 0 bridgehead atoms. The number of halogens is 1. The Kier molecular flexibility index (Phi) is 8.25. The maximum atomic E-state index is 12.9. The predicted octanol–water partition coefficient (Wildman–Crippen LogP) is 5.86. The van der Waals surface area contributed by atoms with Crippen LogP contribution in [0.1, 0.15) is 52.3 Å². The zero-order valence-corrected chi connectivity index (χ0v) is 21.3. The number of urea groups is 1. The average Bonchev–Trinajstić information content (AvgIpc) is 3.32. The van der Waals surface area contributed by atoms with E-state index in [9.17, 15) is 9.59 Å². The molecule has 0 aliphatic heterocycles. The molecule has 3 N–H and O–H groups in total. The van der Waals surface area contributed by atoms with Crippen LogP contribution in [-0.2, 0) is 6.61 Å². The molecule has 184 valence electrons. The van der Waals surface area contributed by atoms with Gasteiger partial charge in [-0.1, -0.05) is 30.5 Å². The second-order valence-corrected chi connectivity index (χ2v) is 10.1. The van der Waals surface area contributed by atoms with Crippen LogP contribution in [-0.4, -0.2) is 29.0 Å². The highest BCUT2D eigenvalue weighted by molar-refractivity contribution is 7.09. The number of hydrogen-bond acceptors (Lipinski definition) is 5. The summed E-state index contributed by atoms with van der Waals surface area (Å²) in [5.74, 6) is 0.443. The Bertz CT molecular complexity index is 1180. The lowest BCUT2D eigenvalue weighted by Crippen LogP contribution is -2.54. The number of anilines is 1. The van der Waals surface area contributed by atoms with Gasteiger partial charge in [-0.25, -0.2) is 9.78 Å². The molecule has 1 aliphatic carbocycles. The molecule has 4 rings (SSSR count). The molecule has 1 aromatic heterocycles. The number of hydrogen-bond donors (Lipinski definition) is 3. The summed E-state index contributed by atoms with van der Waals surface area (Å²) in [6.07, 6.45) is 3.61. The van der Waals surface area contributed by atoms with Gasteiger partial charge in [0, 0.05) is 22.1 Å². The highest BCUT2D eigenvalue weighted by Gasteiger charge is 2.28. The fourth-order valence-electron chi connectivity index (χ4n) is 4.03. The van der Waals surface area contributed by atoms with Crippen LogP contribution < -0.4 is 20.7 Å². The quantitative estimate of drug-likeness (QED) is 0.370. The Balaban J connectivity index is 1.31. The molecule has 3 aromatic rings. The summed E-state index contributed by atoms with van der Waals surface area (Å²) in [6.45, 7) is 4.32. The summed E-state index contributed by atoms with van der Waals surface area (Å²) in [5.41, 5.74) is 3.39. The lowest BCUT2D eigenvalue weighted by molar-refractivity contribution is 0.0911. The van der Waals surface area contributed by atoms with Crippen molar-refractivity contribution in [3.63, 3.8) is 0 Å². The normalized spacial score (nSPS) is 17.5. The lowest BCUT2D eigenvalue weighted by atomic mass is 9.90. The van der Waals surface area contributed by atoms with Gasteiger partial charge in [0.15, 0.2) is 0 Å². The molecule has 1 saturated carbocycles. The van der Waals surface area contributed by atoms with Crippen LogP contribution in [0.2, 0.25) is 5.02 Å². The molecule has 1 fully saturated rings. The van der Waals surface area contributed by atoms with Crippen LogP contribution >= 0.6 is 22.9 Å². The van der Waals surface area contributed by atoms with Crippen LogP contribution in [0.3, 0.4) is 0 Å². The molecule has 1 aliphatic rings. The molecule has 1 heterocycles. The second-order valence-electron chi connectivity index (χ2n) is 8.74. The Morgan fingerprint density at radius 2 is 1.74 bits per heavy atom. The lowest BCUT2D eigenvalue weighted by Gasteiger charge is -2.32. The molecular weight excluding hydrogens is 484 g/mol. The zero-order valence-electron chi connectivity index (χ0n) is 19.8. The Labute approximate surface area is 214 Å². The Hall–Kier alpha value is -3.10. The van der Waals surface area contributed by atoms with Gasteiger partial charge in [0.05, 0.1) is 6.04 Å². The summed E-state index contributed by atoms with van der Waals surface area (Å²) in [7, 11) is 0. The van der Waals surface area contributed by atoms with Crippen molar-refractivity contribution >= 4 is 40.6 Å². The number of carbonyl (C=O) groups is 2. The van der Waals surface area contributed by atoms with Gasteiger partial charge in [0.25, 0.3) is 5.91 Å². The number of nitrogens with one attached hydrogen (secondary N) is 3. The van der Waals surface area contributed by atoms with E-state index in [0.29, 0.717) is 21.5 Å². The number of nitrogens with zero attached hydrogens (tertiary/aromatic N) is 1. The Morgan fingerprint density at radius 3 is 2.46 bits per heavy atom. The number of ether oxygens (including phenoxy) is 1. The largest absolute Gasteiger partial charge is 0.486 e. The van der Waals surface area contributed by atoms with E-state index in [1.807, 2.05) is 32.0 Å². The van der Waals surface area contributed by atoms with Crippen LogP contribution in [0.25, 0.3) is 0 Å². The van der Waals surface area contributed by atoms with Gasteiger partial charge < -0.3 is 20.7 Å². The van der Waals surface area contributed by atoms with E-state index in [-0.39, 0.29) is 30.6 Å². The van der Waals surface area contributed by atoms with Crippen molar-refractivity contribution < 1.29 is 14.3 Å². The highest BCUT2D eigenvalue weighted by atomic mass is 35.5. The summed E-state index contributed by atoms with van der Waals surface area (Å²) in [6, 6.07) is 12.3. The summed E-state index contributed by atoms with van der Waals surface area (Å²) in [5, 5.41) is 12.1. The van der Waals surface area contributed by atoms with Crippen molar-refractivity contribution in [2.24, 2.45) is 0 Å². The number of thiazole rings is 1. The van der Waals surface area contributed by atoms with Crippen LogP contribution in [0.15, 0.2) is 47.8 Å². The fraction of sp³-hybridized carbons (Fsp3) is 0.346. The van der Waals surface area contributed by atoms with E-state index in [4.69, 9.17) is 16.3 Å². The van der Waals surface area contributed by atoms with Crippen molar-refractivity contribution in [2.75, 3.05) is 5.32 Å². The molecule has 0 radical (unpaired) electrons. The van der Waals surface area contributed by atoms with Crippen molar-refractivity contribution in [1.29, 1.82) is 0 Å². The minimum atomic E-state index is -0.269. The van der Waals surface area contributed by atoms with Crippen LogP contribution in [0.4, 0.5) is 10.5 Å². The van der Waals surface area contributed by atoms with Crippen LogP contribution in [0.5, 0.6) is 5.75 Å². The Morgan fingerprint density at radius 1 is 1.03 bits per heavy atom. The second kappa shape index (κ2) is 11.6. The third-order valence-corrected chi connectivity index (χ3v) is 7.20. The van der Waals surface area contributed by atoms with E-state index < -0.39 is 0 Å². The van der Waals surface area contributed by atoms with E-state index >= 15 is 0 Å². The van der Waals surface area contributed by atoms with Crippen molar-refractivity contribution in [2.45, 2.75) is 58.2 Å². The number of aromatic nitrogens is 1. The maximum absolute atomic E-state index is 12.9. The summed E-state index contributed by atoms with van der Waals surface area (Å²) < 4.78 is 5.72. The van der Waals surface area contributed by atoms with E-state index in [0.717, 1.165) is 36.9 Å². The first-order valence-corrected chi connectivity index (χ1v) is 12.9. The molecule has 9 heteroatoms. The number of aryl methyl sites for hydroxylation is 2. The first-order chi connectivity index (χ1) is 16.9. The van der Waals surface area contributed by atoms with E-state index in [2.05, 4.69) is 20.9 Å². The molecule has 3 amide bonds. The van der Waals surface area contributed by atoms with E-state index in [1.165, 1.54) is 16.9 Å². The summed E-state index contributed by atoms with van der Waals surface area (Å²) in [4.78, 5) is 29.9. The topological polar surface area (TPSA) is 92.4 Å². The first kappa shape index (κ1) is 25.0. The van der Waals surface area contributed by atoms with Crippen LogP contribution in [0, 0.1) is 13.8 Å². The van der Waals surface area contributed by atoms with Gasteiger partial charge in [-0.2, -0.15) is 0 Å². The molecular formula is C26H29ClN4O3S. The van der Waals surface area contributed by atoms with Gasteiger partial charge in [-0.3, -0.25) is 4.79 Å². The van der Waals surface area contributed by atoms with Gasteiger partial charge in [-0.15, -0.1) is 11.3 Å². The molecule has 2 aromatic carbocycles. The molecule has 0 spiro atoms. The monoisotopic (exact) mass is 512 g/mol. The van der Waals surface area contributed by atoms with Crippen molar-refractivity contribution in [3.05, 3.63) is 74.7 Å². The third-order valence-electron chi connectivity index (χ3n) is 6.12. The third kappa shape index (κ3) is 6.96. The van der Waals surface area contributed by atoms with E-state index in [1.54, 1.807) is 29.6 Å².